The molecule has 1 atom stereocenters. The highest BCUT2D eigenvalue weighted by Gasteiger charge is 2.03. The molecule has 0 aromatic heterocycles. The molecule has 0 radical (unpaired) electrons. The Bertz CT molecular complexity index is 311. The van der Waals surface area contributed by atoms with E-state index < -0.39 is 0 Å². The lowest BCUT2D eigenvalue weighted by Gasteiger charge is -2.14. The molecular weight excluding hydrogens is 217 g/mol. The van der Waals surface area contributed by atoms with Crippen LogP contribution in [-0.4, -0.2) is 25.3 Å². The van der Waals surface area contributed by atoms with E-state index in [4.69, 9.17) is 4.74 Å². The third-order valence-electron chi connectivity index (χ3n) is 2.50. The highest BCUT2D eigenvalue weighted by atomic mass is 19.1. The van der Waals surface area contributed by atoms with Gasteiger partial charge in [-0.3, -0.25) is 0 Å². The number of benzene rings is 1. The van der Waals surface area contributed by atoms with Gasteiger partial charge in [0.05, 0.1) is 12.7 Å². The lowest BCUT2D eigenvalue weighted by molar-refractivity contribution is 0.0796. The number of rotatable bonds is 7. The summed E-state index contributed by atoms with van der Waals surface area (Å²) in [5, 5.41) is 3.38. The number of hydrogen-bond donors (Lipinski definition) is 1. The molecule has 96 valence electrons. The fourth-order valence-corrected chi connectivity index (χ4v) is 1.65. The average Bonchev–Trinajstić information content (AvgIpc) is 2.27. The summed E-state index contributed by atoms with van der Waals surface area (Å²) in [7, 11) is 0. The summed E-state index contributed by atoms with van der Waals surface area (Å²) in [6.45, 7) is 7.76. The molecule has 0 amide bonds. The van der Waals surface area contributed by atoms with Gasteiger partial charge in [-0.15, -0.1) is 0 Å². The highest BCUT2D eigenvalue weighted by molar-refractivity contribution is 5.16. The maximum atomic E-state index is 12.7. The quantitative estimate of drug-likeness (QED) is 0.739. The van der Waals surface area contributed by atoms with Crippen LogP contribution in [0.1, 0.15) is 26.3 Å². The molecule has 0 aliphatic heterocycles. The Balaban J connectivity index is 2.20. The second-order valence-corrected chi connectivity index (χ2v) is 4.61. The van der Waals surface area contributed by atoms with Crippen LogP contribution in [0.5, 0.6) is 0 Å². The standard InChI is InChI=1S/C14H22FNO/c1-11(2)17-9-8-16-12(3)10-13-4-6-14(15)7-5-13/h4-7,11-12,16H,8-10H2,1-3H3. The van der Waals surface area contributed by atoms with Crippen molar-refractivity contribution in [1.82, 2.24) is 5.32 Å². The van der Waals surface area contributed by atoms with Gasteiger partial charge in [0, 0.05) is 12.6 Å². The monoisotopic (exact) mass is 239 g/mol. The van der Waals surface area contributed by atoms with Gasteiger partial charge < -0.3 is 10.1 Å². The number of hydrogen-bond acceptors (Lipinski definition) is 2. The zero-order chi connectivity index (χ0) is 12.7. The van der Waals surface area contributed by atoms with Crippen molar-refractivity contribution in [3.05, 3.63) is 35.6 Å². The third-order valence-corrected chi connectivity index (χ3v) is 2.50. The molecule has 3 heteroatoms. The van der Waals surface area contributed by atoms with Gasteiger partial charge in [-0.1, -0.05) is 12.1 Å². The summed E-state index contributed by atoms with van der Waals surface area (Å²) < 4.78 is 18.2. The van der Waals surface area contributed by atoms with E-state index >= 15 is 0 Å². The van der Waals surface area contributed by atoms with E-state index in [1.165, 1.54) is 12.1 Å². The molecular formula is C14H22FNO. The molecule has 1 aromatic carbocycles. The first-order chi connectivity index (χ1) is 8.08. The molecule has 0 saturated carbocycles. The van der Waals surface area contributed by atoms with Gasteiger partial charge in [-0.25, -0.2) is 4.39 Å². The fourth-order valence-electron chi connectivity index (χ4n) is 1.65. The molecule has 1 rings (SSSR count). The Morgan fingerprint density at radius 1 is 1.18 bits per heavy atom. The van der Waals surface area contributed by atoms with Gasteiger partial charge in [0.25, 0.3) is 0 Å². The van der Waals surface area contributed by atoms with Crippen LogP contribution in [-0.2, 0) is 11.2 Å². The summed E-state index contributed by atoms with van der Waals surface area (Å²) in [5.74, 6) is -0.181. The second-order valence-electron chi connectivity index (χ2n) is 4.61. The van der Waals surface area contributed by atoms with Gasteiger partial charge in [0.15, 0.2) is 0 Å². The topological polar surface area (TPSA) is 21.3 Å². The average molecular weight is 239 g/mol. The zero-order valence-electron chi connectivity index (χ0n) is 10.9. The number of nitrogens with one attached hydrogen (secondary N) is 1. The second kappa shape index (κ2) is 7.41. The Morgan fingerprint density at radius 3 is 2.41 bits per heavy atom. The SMILES string of the molecule is CC(Cc1ccc(F)cc1)NCCOC(C)C. The van der Waals surface area contributed by atoms with E-state index in [0.717, 1.165) is 25.1 Å². The van der Waals surface area contributed by atoms with E-state index in [1.54, 1.807) is 0 Å². The molecule has 0 spiro atoms. The number of ether oxygens (including phenoxy) is 1. The van der Waals surface area contributed by atoms with E-state index in [9.17, 15) is 4.39 Å². The van der Waals surface area contributed by atoms with Crippen LogP contribution in [0.3, 0.4) is 0 Å². The Hall–Kier alpha value is -0.930. The van der Waals surface area contributed by atoms with E-state index in [2.05, 4.69) is 12.2 Å². The maximum Gasteiger partial charge on any atom is 0.123 e. The van der Waals surface area contributed by atoms with Gasteiger partial charge in [-0.2, -0.15) is 0 Å². The summed E-state index contributed by atoms with van der Waals surface area (Å²) in [6, 6.07) is 7.04. The third kappa shape index (κ3) is 6.39. The van der Waals surface area contributed by atoms with Crippen LogP contribution < -0.4 is 5.32 Å². The molecule has 0 bridgehead atoms. The lowest BCUT2D eigenvalue weighted by atomic mass is 10.1. The molecule has 2 nitrogen and oxygen atoms in total. The maximum absolute atomic E-state index is 12.7. The minimum atomic E-state index is -0.181. The normalized spacial score (nSPS) is 13.0. The Labute approximate surface area is 103 Å². The molecule has 0 aliphatic rings. The summed E-state index contributed by atoms with van der Waals surface area (Å²) in [5.41, 5.74) is 1.15. The first-order valence-corrected chi connectivity index (χ1v) is 6.17. The van der Waals surface area contributed by atoms with Gasteiger partial charge in [0.2, 0.25) is 0 Å². The predicted molar refractivity (Wildman–Crippen MR) is 68.7 cm³/mol. The Kier molecular flexibility index (Phi) is 6.16. The molecule has 0 heterocycles. The number of halogens is 1. The first kappa shape index (κ1) is 14.1. The molecule has 1 N–H and O–H groups in total. The van der Waals surface area contributed by atoms with Gasteiger partial charge >= 0.3 is 0 Å². The molecule has 1 unspecified atom stereocenters. The van der Waals surface area contributed by atoms with Gasteiger partial charge in [-0.05, 0) is 44.9 Å². The molecule has 0 saturated heterocycles. The Morgan fingerprint density at radius 2 is 1.82 bits per heavy atom. The minimum absolute atomic E-state index is 0.181. The van der Waals surface area contributed by atoms with Crippen molar-refractivity contribution in [3.63, 3.8) is 0 Å². The van der Waals surface area contributed by atoms with Crippen LogP contribution in [0.15, 0.2) is 24.3 Å². The van der Waals surface area contributed by atoms with Crippen molar-refractivity contribution >= 4 is 0 Å². The largest absolute Gasteiger partial charge is 0.377 e. The van der Waals surface area contributed by atoms with Crippen molar-refractivity contribution < 1.29 is 9.13 Å². The van der Waals surface area contributed by atoms with E-state index in [0.29, 0.717) is 6.04 Å². The molecule has 17 heavy (non-hydrogen) atoms. The van der Waals surface area contributed by atoms with Gasteiger partial charge in [0.1, 0.15) is 5.82 Å². The molecule has 0 fully saturated rings. The summed E-state index contributed by atoms with van der Waals surface area (Å²) in [4.78, 5) is 0. The van der Waals surface area contributed by atoms with Crippen LogP contribution in [0, 0.1) is 5.82 Å². The van der Waals surface area contributed by atoms with Crippen LogP contribution in [0.2, 0.25) is 0 Å². The van der Waals surface area contributed by atoms with Crippen molar-refractivity contribution in [1.29, 1.82) is 0 Å². The fraction of sp³-hybridized carbons (Fsp3) is 0.571. The van der Waals surface area contributed by atoms with E-state index in [-0.39, 0.29) is 11.9 Å². The molecule has 1 aromatic rings. The van der Waals surface area contributed by atoms with Crippen molar-refractivity contribution in [2.24, 2.45) is 0 Å². The zero-order valence-corrected chi connectivity index (χ0v) is 10.9. The van der Waals surface area contributed by atoms with Crippen LogP contribution in [0.25, 0.3) is 0 Å². The smallest absolute Gasteiger partial charge is 0.123 e. The van der Waals surface area contributed by atoms with E-state index in [1.807, 2.05) is 26.0 Å². The van der Waals surface area contributed by atoms with Crippen molar-refractivity contribution in [2.45, 2.75) is 39.3 Å². The highest BCUT2D eigenvalue weighted by Crippen LogP contribution is 2.05. The van der Waals surface area contributed by atoms with Crippen LogP contribution in [0.4, 0.5) is 4.39 Å². The van der Waals surface area contributed by atoms with Crippen LogP contribution >= 0.6 is 0 Å². The van der Waals surface area contributed by atoms with Crippen molar-refractivity contribution in [3.8, 4) is 0 Å². The minimum Gasteiger partial charge on any atom is -0.377 e. The lowest BCUT2D eigenvalue weighted by Crippen LogP contribution is -2.31. The summed E-state index contributed by atoms with van der Waals surface area (Å²) >= 11 is 0. The first-order valence-electron chi connectivity index (χ1n) is 6.17. The van der Waals surface area contributed by atoms with Crippen molar-refractivity contribution in [2.75, 3.05) is 13.2 Å². The summed E-state index contributed by atoms with van der Waals surface area (Å²) in [6.07, 6.45) is 1.19. The molecule has 0 aliphatic carbocycles. The predicted octanol–water partition coefficient (Wildman–Crippen LogP) is 2.77.